The van der Waals surface area contributed by atoms with Crippen LogP contribution in [0.3, 0.4) is 0 Å². The summed E-state index contributed by atoms with van der Waals surface area (Å²) in [5, 5.41) is 8.10. The first kappa shape index (κ1) is 27.1. The van der Waals surface area contributed by atoms with Crippen LogP contribution in [-0.2, 0) is 6.54 Å². The first-order valence-corrected chi connectivity index (χ1v) is 12.3. The van der Waals surface area contributed by atoms with Gasteiger partial charge in [0.15, 0.2) is 17.0 Å². The first-order chi connectivity index (χ1) is 15.6. The molecule has 2 fully saturated rings. The average Bonchev–Trinajstić information content (AvgIpc) is 3.46. The van der Waals surface area contributed by atoms with Crippen LogP contribution in [0.15, 0.2) is 24.5 Å². The summed E-state index contributed by atoms with van der Waals surface area (Å²) in [6.07, 6.45) is 10.9. The minimum absolute atomic E-state index is 0. The molecule has 4 N–H and O–H groups in total. The molecule has 34 heavy (non-hydrogen) atoms. The number of hydrogen-bond donors (Lipinski definition) is 3. The van der Waals surface area contributed by atoms with E-state index in [1.807, 2.05) is 24.5 Å². The van der Waals surface area contributed by atoms with Gasteiger partial charge in [0.05, 0.1) is 16.4 Å². The zero-order chi connectivity index (χ0) is 22.1. The first-order valence-electron chi connectivity index (χ1n) is 11.5. The van der Waals surface area contributed by atoms with Gasteiger partial charge in [0.25, 0.3) is 0 Å². The Kier molecular flexibility index (Phi) is 9.52. The topological polar surface area (TPSA) is 93.7 Å². The molecule has 0 bridgehead atoms. The van der Waals surface area contributed by atoms with Crippen LogP contribution in [0.5, 0.6) is 0 Å². The molecule has 0 radical (unpaired) electrons. The Bertz CT molecular complexity index is 1090. The van der Waals surface area contributed by atoms with Crippen LogP contribution in [-0.4, -0.2) is 31.6 Å². The number of rotatable bonds is 6. The highest BCUT2D eigenvalue weighted by molar-refractivity contribution is 6.42. The molecule has 0 saturated heterocycles. The highest BCUT2D eigenvalue weighted by Gasteiger charge is 2.23. The molecule has 0 aliphatic heterocycles. The van der Waals surface area contributed by atoms with Crippen molar-refractivity contribution in [1.82, 2.24) is 19.5 Å². The Balaban J connectivity index is 0.00000162. The fourth-order valence-electron chi connectivity index (χ4n) is 4.84. The number of fused-ring (bicyclic) bond motifs is 1. The van der Waals surface area contributed by atoms with Gasteiger partial charge in [-0.1, -0.05) is 42.1 Å². The van der Waals surface area contributed by atoms with Crippen LogP contribution in [0, 0.1) is 0 Å². The number of nitrogens with one attached hydrogen (secondary N) is 2. The number of anilines is 2. The molecule has 1 aromatic carbocycles. The second kappa shape index (κ2) is 12.0. The van der Waals surface area contributed by atoms with E-state index in [-0.39, 0.29) is 24.8 Å². The Morgan fingerprint density at radius 1 is 0.971 bits per heavy atom. The van der Waals surface area contributed by atoms with Gasteiger partial charge in [-0.2, -0.15) is 9.97 Å². The number of imidazole rings is 1. The maximum absolute atomic E-state index is 6.19. The lowest BCUT2D eigenvalue weighted by molar-refractivity contribution is 0.410. The van der Waals surface area contributed by atoms with E-state index < -0.39 is 0 Å². The van der Waals surface area contributed by atoms with Crippen molar-refractivity contribution in [2.75, 3.05) is 10.6 Å². The van der Waals surface area contributed by atoms with E-state index >= 15 is 0 Å². The van der Waals surface area contributed by atoms with Crippen molar-refractivity contribution < 1.29 is 0 Å². The number of aromatic nitrogens is 4. The quantitative estimate of drug-likeness (QED) is 0.332. The summed E-state index contributed by atoms with van der Waals surface area (Å²) in [5.41, 5.74) is 8.79. The van der Waals surface area contributed by atoms with Gasteiger partial charge in [-0.3, -0.25) is 0 Å². The summed E-state index contributed by atoms with van der Waals surface area (Å²) in [6.45, 7) is 0.566. The molecule has 2 saturated carbocycles. The minimum atomic E-state index is 0. The summed E-state index contributed by atoms with van der Waals surface area (Å²) in [5.74, 6) is 1.38. The molecule has 186 valence electrons. The van der Waals surface area contributed by atoms with Crippen molar-refractivity contribution in [3.05, 3.63) is 40.1 Å². The van der Waals surface area contributed by atoms with Gasteiger partial charge >= 0.3 is 0 Å². The van der Waals surface area contributed by atoms with Crippen molar-refractivity contribution in [2.45, 2.75) is 76.0 Å². The molecule has 2 aliphatic rings. The summed E-state index contributed by atoms with van der Waals surface area (Å²) < 4.78 is 2.23. The standard InChI is InChI=1S/C23H29Cl2N7.2ClH/c24-18-10-5-14(11-19(18)25)12-27-21-20-22(32(13-28-20)17-3-1-2-4-17)31-23(30-21)29-16-8-6-15(26)7-9-16;;/h5,10-11,13,15-17H,1-4,6-9,12,26H2,(H2,27,29,30,31);2*1H/t15-,16-;;. The smallest absolute Gasteiger partial charge is 0.227 e. The number of nitrogens with two attached hydrogens (primary N) is 1. The van der Waals surface area contributed by atoms with Gasteiger partial charge in [-0.25, -0.2) is 4.98 Å². The lowest BCUT2D eigenvalue weighted by Gasteiger charge is -2.27. The van der Waals surface area contributed by atoms with Crippen LogP contribution in [0.4, 0.5) is 11.8 Å². The monoisotopic (exact) mass is 545 g/mol. The van der Waals surface area contributed by atoms with Crippen LogP contribution >= 0.6 is 48.0 Å². The third-order valence-electron chi connectivity index (χ3n) is 6.69. The molecule has 0 spiro atoms. The summed E-state index contributed by atoms with van der Waals surface area (Å²) in [4.78, 5) is 14.4. The van der Waals surface area contributed by atoms with Gasteiger partial charge in [0.2, 0.25) is 5.95 Å². The highest BCUT2D eigenvalue weighted by Crippen LogP contribution is 2.33. The van der Waals surface area contributed by atoms with Crippen molar-refractivity contribution in [3.8, 4) is 0 Å². The third-order valence-corrected chi connectivity index (χ3v) is 7.43. The molecule has 2 heterocycles. The highest BCUT2D eigenvalue weighted by atomic mass is 35.5. The third kappa shape index (κ3) is 6.00. The number of halogens is 4. The SMILES string of the molecule is Cl.Cl.N[C@H]1CC[C@H](Nc2nc(NCc3ccc(Cl)c(Cl)c3)c3ncn(C4CCCC4)c3n2)CC1. The lowest BCUT2D eigenvalue weighted by Crippen LogP contribution is -2.33. The molecular formula is C23H31Cl4N7. The molecule has 0 amide bonds. The van der Waals surface area contributed by atoms with E-state index in [1.165, 1.54) is 25.7 Å². The maximum atomic E-state index is 6.19. The Morgan fingerprint density at radius 2 is 1.71 bits per heavy atom. The summed E-state index contributed by atoms with van der Waals surface area (Å²) in [7, 11) is 0. The fraction of sp³-hybridized carbons (Fsp3) is 0.522. The molecule has 2 aliphatic carbocycles. The minimum Gasteiger partial charge on any atom is -0.364 e. The molecule has 11 heteroatoms. The predicted octanol–water partition coefficient (Wildman–Crippen LogP) is 6.39. The van der Waals surface area contributed by atoms with Gasteiger partial charge in [-0.05, 0) is 56.2 Å². The van der Waals surface area contributed by atoms with Crippen molar-refractivity contribution in [2.24, 2.45) is 5.73 Å². The summed E-state index contributed by atoms with van der Waals surface area (Å²) in [6, 6.07) is 6.75. The van der Waals surface area contributed by atoms with E-state index in [4.69, 9.17) is 38.9 Å². The fourth-order valence-corrected chi connectivity index (χ4v) is 5.16. The Hall–Kier alpha value is -1.51. The molecule has 7 nitrogen and oxygen atoms in total. The molecule has 2 aromatic heterocycles. The normalized spacial score (nSPS) is 20.6. The Labute approximate surface area is 222 Å². The van der Waals surface area contributed by atoms with E-state index in [1.54, 1.807) is 0 Å². The zero-order valence-corrected chi connectivity index (χ0v) is 22.0. The van der Waals surface area contributed by atoms with Crippen LogP contribution in [0.25, 0.3) is 11.2 Å². The van der Waals surface area contributed by atoms with Crippen molar-refractivity contribution in [3.63, 3.8) is 0 Å². The average molecular weight is 547 g/mol. The largest absolute Gasteiger partial charge is 0.364 e. The van der Waals surface area contributed by atoms with E-state index in [0.717, 1.165) is 48.2 Å². The van der Waals surface area contributed by atoms with E-state index in [0.29, 0.717) is 40.7 Å². The van der Waals surface area contributed by atoms with Gasteiger partial charge < -0.3 is 20.9 Å². The lowest BCUT2D eigenvalue weighted by atomic mass is 9.92. The zero-order valence-electron chi connectivity index (χ0n) is 18.8. The molecule has 3 aromatic rings. The van der Waals surface area contributed by atoms with Crippen LogP contribution in [0.1, 0.15) is 63.0 Å². The number of nitrogens with zero attached hydrogens (tertiary/aromatic N) is 4. The predicted molar refractivity (Wildman–Crippen MR) is 145 cm³/mol. The molecule has 0 atom stereocenters. The van der Waals surface area contributed by atoms with Crippen molar-refractivity contribution in [1.29, 1.82) is 0 Å². The summed E-state index contributed by atoms with van der Waals surface area (Å²) >= 11 is 12.3. The van der Waals surface area contributed by atoms with E-state index in [2.05, 4.69) is 20.2 Å². The second-order valence-electron chi connectivity index (χ2n) is 9.02. The van der Waals surface area contributed by atoms with Crippen molar-refractivity contribution >= 4 is 70.9 Å². The maximum Gasteiger partial charge on any atom is 0.227 e. The Morgan fingerprint density at radius 3 is 2.41 bits per heavy atom. The molecule has 0 unspecified atom stereocenters. The van der Waals surface area contributed by atoms with Gasteiger partial charge in [0, 0.05) is 24.7 Å². The number of benzene rings is 1. The van der Waals surface area contributed by atoms with E-state index in [9.17, 15) is 0 Å². The van der Waals surface area contributed by atoms with Crippen LogP contribution in [0.2, 0.25) is 10.0 Å². The molecule has 5 rings (SSSR count). The van der Waals surface area contributed by atoms with Gasteiger partial charge in [-0.15, -0.1) is 24.8 Å². The van der Waals surface area contributed by atoms with Gasteiger partial charge in [0.1, 0.15) is 0 Å². The number of hydrogen-bond acceptors (Lipinski definition) is 6. The second-order valence-corrected chi connectivity index (χ2v) is 9.83. The molecular weight excluding hydrogens is 516 g/mol. The van der Waals surface area contributed by atoms with Crippen LogP contribution < -0.4 is 16.4 Å².